The van der Waals surface area contributed by atoms with Crippen LogP contribution >= 0.6 is 0 Å². The number of anilines is 1. The van der Waals surface area contributed by atoms with Gasteiger partial charge in [-0.2, -0.15) is 0 Å². The Labute approximate surface area is 136 Å². The second-order valence-corrected chi connectivity index (χ2v) is 6.40. The molecule has 1 aliphatic heterocycles. The number of hydrogen-bond acceptors (Lipinski definition) is 4. The van der Waals surface area contributed by atoms with E-state index in [1.165, 1.54) is 0 Å². The van der Waals surface area contributed by atoms with Gasteiger partial charge in [0.2, 0.25) is 5.91 Å². The lowest BCUT2D eigenvalue weighted by Crippen LogP contribution is -2.49. The third kappa shape index (κ3) is 4.45. The molecule has 6 nitrogen and oxygen atoms in total. The van der Waals surface area contributed by atoms with E-state index in [-0.39, 0.29) is 24.0 Å². The van der Waals surface area contributed by atoms with Gasteiger partial charge in [0, 0.05) is 30.9 Å². The van der Waals surface area contributed by atoms with Crippen LogP contribution in [0.3, 0.4) is 0 Å². The fourth-order valence-electron chi connectivity index (χ4n) is 2.86. The third-order valence-corrected chi connectivity index (χ3v) is 4.44. The molecule has 1 saturated carbocycles. The van der Waals surface area contributed by atoms with Crippen molar-refractivity contribution in [3.05, 3.63) is 30.3 Å². The third-order valence-electron chi connectivity index (χ3n) is 4.44. The average Bonchev–Trinajstić information content (AvgIpc) is 3.23. The predicted molar refractivity (Wildman–Crippen MR) is 89.2 cm³/mol. The number of para-hydroxylation sites is 1. The fraction of sp³-hybridized carbons (Fsp3) is 0.529. The number of nitrogens with one attached hydrogen (secondary N) is 3. The normalized spacial score (nSPS) is 22.4. The van der Waals surface area contributed by atoms with Crippen LogP contribution in [0.25, 0.3) is 0 Å². The van der Waals surface area contributed by atoms with Gasteiger partial charge >= 0.3 is 6.03 Å². The molecule has 2 aliphatic rings. The maximum Gasteiger partial charge on any atom is 0.321 e. The molecule has 3 N–H and O–H groups in total. The molecule has 1 aliphatic carbocycles. The SMILES string of the molecule is C[C@@H](C(=O)NC(=O)NC1CC1)N1CC[C@H](Nc2ccccc2)C1. The standard InChI is InChI=1S/C17H24N4O2/c1-12(16(22)20-17(23)19-14-7-8-14)21-10-9-15(11-21)18-13-5-3-2-4-6-13/h2-6,12,14-15,18H,7-11H2,1H3,(H2,19,20,22,23)/t12-,15-/m0/s1. The number of carbonyl (C=O) groups excluding carboxylic acids is 2. The van der Waals surface area contributed by atoms with E-state index >= 15 is 0 Å². The Kier molecular flexibility index (Phi) is 4.81. The number of amides is 3. The minimum Gasteiger partial charge on any atom is -0.381 e. The molecule has 2 fully saturated rings. The summed E-state index contributed by atoms with van der Waals surface area (Å²) in [6.45, 7) is 3.50. The van der Waals surface area contributed by atoms with E-state index in [9.17, 15) is 9.59 Å². The van der Waals surface area contributed by atoms with Gasteiger partial charge in [-0.15, -0.1) is 0 Å². The van der Waals surface area contributed by atoms with Crippen molar-refractivity contribution in [2.75, 3.05) is 18.4 Å². The Morgan fingerprint density at radius 1 is 1.13 bits per heavy atom. The van der Waals surface area contributed by atoms with Crippen molar-refractivity contribution >= 4 is 17.6 Å². The van der Waals surface area contributed by atoms with Crippen molar-refractivity contribution < 1.29 is 9.59 Å². The first kappa shape index (κ1) is 15.8. The van der Waals surface area contributed by atoms with Gasteiger partial charge in [-0.3, -0.25) is 15.0 Å². The molecular formula is C17H24N4O2. The van der Waals surface area contributed by atoms with Crippen molar-refractivity contribution in [1.82, 2.24) is 15.5 Å². The zero-order chi connectivity index (χ0) is 16.2. The van der Waals surface area contributed by atoms with E-state index in [0.717, 1.165) is 38.0 Å². The first-order valence-corrected chi connectivity index (χ1v) is 8.29. The molecule has 1 saturated heterocycles. The highest BCUT2D eigenvalue weighted by atomic mass is 16.2. The molecule has 1 aromatic rings. The van der Waals surface area contributed by atoms with Crippen molar-refractivity contribution in [3.63, 3.8) is 0 Å². The number of carbonyl (C=O) groups is 2. The first-order valence-electron chi connectivity index (χ1n) is 8.29. The Morgan fingerprint density at radius 2 is 1.87 bits per heavy atom. The van der Waals surface area contributed by atoms with Gasteiger partial charge in [0.1, 0.15) is 0 Å². The number of likely N-dealkylation sites (tertiary alicyclic amines) is 1. The minimum atomic E-state index is -0.373. The van der Waals surface area contributed by atoms with Crippen LogP contribution in [0.2, 0.25) is 0 Å². The van der Waals surface area contributed by atoms with Gasteiger partial charge in [-0.05, 0) is 38.3 Å². The molecule has 2 atom stereocenters. The predicted octanol–water partition coefficient (Wildman–Crippen LogP) is 1.55. The number of nitrogens with zero attached hydrogens (tertiary/aromatic N) is 1. The van der Waals surface area contributed by atoms with Crippen LogP contribution < -0.4 is 16.0 Å². The zero-order valence-electron chi connectivity index (χ0n) is 13.4. The van der Waals surface area contributed by atoms with Crippen LogP contribution in [-0.4, -0.2) is 48.1 Å². The number of imide groups is 1. The summed E-state index contributed by atoms with van der Waals surface area (Å²) >= 11 is 0. The summed E-state index contributed by atoms with van der Waals surface area (Å²) in [5.74, 6) is -0.233. The second kappa shape index (κ2) is 7.00. The van der Waals surface area contributed by atoms with E-state index in [1.54, 1.807) is 0 Å². The lowest BCUT2D eigenvalue weighted by molar-refractivity contribution is -0.124. The smallest absolute Gasteiger partial charge is 0.321 e. The highest BCUT2D eigenvalue weighted by Gasteiger charge is 2.31. The highest BCUT2D eigenvalue weighted by molar-refractivity contribution is 5.97. The molecule has 0 radical (unpaired) electrons. The van der Waals surface area contributed by atoms with Crippen LogP contribution in [0.15, 0.2) is 30.3 Å². The lowest BCUT2D eigenvalue weighted by atomic mass is 10.2. The van der Waals surface area contributed by atoms with Gasteiger partial charge in [0.05, 0.1) is 6.04 Å². The van der Waals surface area contributed by atoms with Crippen molar-refractivity contribution in [1.29, 1.82) is 0 Å². The van der Waals surface area contributed by atoms with Crippen LogP contribution in [0.4, 0.5) is 10.5 Å². The van der Waals surface area contributed by atoms with E-state index in [2.05, 4.69) is 20.9 Å². The molecule has 3 amide bonds. The molecule has 23 heavy (non-hydrogen) atoms. The van der Waals surface area contributed by atoms with Gasteiger partial charge in [0.15, 0.2) is 0 Å². The van der Waals surface area contributed by atoms with Gasteiger partial charge in [0.25, 0.3) is 0 Å². The summed E-state index contributed by atoms with van der Waals surface area (Å²) in [6.07, 6.45) is 3.01. The maximum atomic E-state index is 12.2. The summed E-state index contributed by atoms with van der Waals surface area (Å²) in [5.41, 5.74) is 1.10. The quantitative estimate of drug-likeness (QED) is 0.770. The molecule has 0 aromatic heterocycles. The Morgan fingerprint density at radius 3 is 2.57 bits per heavy atom. The maximum absolute atomic E-state index is 12.2. The summed E-state index contributed by atoms with van der Waals surface area (Å²) in [6, 6.07) is 9.99. The summed E-state index contributed by atoms with van der Waals surface area (Å²) < 4.78 is 0. The molecular weight excluding hydrogens is 292 g/mol. The lowest BCUT2D eigenvalue weighted by Gasteiger charge is -2.23. The molecule has 0 spiro atoms. The number of rotatable bonds is 5. The van der Waals surface area contributed by atoms with Crippen LogP contribution in [0.5, 0.6) is 0 Å². The van der Waals surface area contributed by atoms with Crippen molar-refractivity contribution in [3.8, 4) is 0 Å². The Balaban J connectivity index is 1.45. The second-order valence-electron chi connectivity index (χ2n) is 6.40. The summed E-state index contributed by atoms with van der Waals surface area (Å²) in [5, 5.41) is 8.70. The van der Waals surface area contributed by atoms with Crippen LogP contribution in [0, 0.1) is 0 Å². The fourth-order valence-corrected chi connectivity index (χ4v) is 2.86. The van der Waals surface area contributed by atoms with Gasteiger partial charge < -0.3 is 10.6 Å². The Hall–Kier alpha value is -2.08. The highest BCUT2D eigenvalue weighted by Crippen LogP contribution is 2.19. The topological polar surface area (TPSA) is 73.5 Å². The molecule has 0 unspecified atom stereocenters. The number of hydrogen-bond donors (Lipinski definition) is 3. The zero-order valence-corrected chi connectivity index (χ0v) is 13.4. The van der Waals surface area contributed by atoms with E-state index in [1.807, 2.05) is 37.3 Å². The van der Waals surface area contributed by atoms with E-state index in [4.69, 9.17) is 0 Å². The molecule has 0 bridgehead atoms. The van der Waals surface area contributed by atoms with Crippen LogP contribution in [0.1, 0.15) is 26.2 Å². The molecule has 124 valence electrons. The van der Waals surface area contributed by atoms with Gasteiger partial charge in [-0.1, -0.05) is 18.2 Å². The van der Waals surface area contributed by atoms with E-state index < -0.39 is 0 Å². The first-order chi connectivity index (χ1) is 11.1. The summed E-state index contributed by atoms with van der Waals surface area (Å²) in [4.78, 5) is 25.9. The Bertz CT molecular complexity index is 559. The molecule has 3 rings (SSSR count). The molecule has 1 heterocycles. The minimum absolute atomic E-state index is 0.233. The molecule has 6 heteroatoms. The summed E-state index contributed by atoms with van der Waals surface area (Å²) in [7, 11) is 0. The van der Waals surface area contributed by atoms with Gasteiger partial charge in [-0.25, -0.2) is 4.79 Å². The van der Waals surface area contributed by atoms with Crippen LogP contribution in [-0.2, 0) is 4.79 Å². The largest absolute Gasteiger partial charge is 0.381 e. The number of benzene rings is 1. The average molecular weight is 316 g/mol. The van der Waals surface area contributed by atoms with E-state index in [0.29, 0.717) is 6.04 Å². The number of urea groups is 1. The monoisotopic (exact) mass is 316 g/mol. The van der Waals surface area contributed by atoms with Crippen molar-refractivity contribution in [2.24, 2.45) is 0 Å². The molecule has 1 aromatic carbocycles. The van der Waals surface area contributed by atoms with Crippen molar-refractivity contribution in [2.45, 2.75) is 44.3 Å².